The van der Waals surface area contributed by atoms with Crippen LogP contribution in [0.15, 0.2) is 48.5 Å². The van der Waals surface area contributed by atoms with Gasteiger partial charge in [0.05, 0.1) is 0 Å². The highest BCUT2D eigenvalue weighted by atomic mass is 32.1. The Morgan fingerprint density at radius 3 is 2.52 bits per heavy atom. The molecule has 6 heteroatoms. The summed E-state index contributed by atoms with van der Waals surface area (Å²) >= 11 is 5.29. The summed E-state index contributed by atoms with van der Waals surface area (Å²) in [5, 5.41) is 5.02. The summed E-state index contributed by atoms with van der Waals surface area (Å²) in [6.45, 7) is 6.87. The molecule has 0 aliphatic rings. The maximum absolute atomic E-state index is 12.1. The number of aryl methyl sites for hydroxylation is 1. The van der Waals surface area contributed by atoms with E-state index in [1.807, 2.05) is 55.5 Å². The first-order chi connectivity index (χ1) is 12.9. The lowest BCUT2D eigenvalue weighted by molar-refractivity contribution is -0.126. The fourth-order valence-electron chi connectivity index (χ4n) is 2.70. The number of nitrogens with one attached hydrogen (secondary N) is 2. The minimum atomic E-state index is -0.271. The molecule has 0 spiro atoms. The first-order valence-electron chi connectivity index (χ1n) is 8.95. The van der Waals surface area contributed by atoms with Crippen LogP contribution in [-0.2, 0) is 11.3 Å². The van der Waals surface area contributed by atoms with Crippen molar-refractivity contribution in [2.45, 2.75) is 33.2 Å². The smallest absolute Gasteiger partial charge is 0.276 e. The van der Waals surface area contributed by atoms with Crippen molar-refractivity contribution in [1.82, 2.24) is 15.8 Å². The molecule has 2 aromatic rings. The van der Waals surface area contributed by atoms with Crippen LogP contribution in [0.3, 0.4) is 0 Å². The fourth-order valence-corrected chi connectivity index (χ4v) is 2.81. The van der Waals surface area contributed by atoms with Crippen molar-refractivity contribution < 1.29 is 9.53 Å². The van der Waals surface area contributed by atoms with E-state index in [1.165, 1.54) is 10.6 Å². The number of benzene rings is 2. The number of ether oxygens (including phenoxy) is 1. The molecule has 5 nitrogen and oxygen atoms in total. The number of carbonyl (C=O) groups is 1. The molecule has 0 aliphatic carbocycles. The quantitative estimate of drug-likeness (QED) is 0.588. The van der Waals surface area contributed by atoms with Gasteiger partial charge in [-0.15, -0.1) is 0 Å². The molecule has 0 radical (unpaired) electrons. The molecule has 0 heterocycles. The van der Waals surface area contributed by atoms with Gasteiger partial charge >= 0.3 is 0 Å². The van der Waals surface area contributed by atoms with Crippen LogP contribution in [-0.4, -0.2) is 29.7 Å². The Morgan fingerprint density at radius 2 is 1.89 bits per heavy atom. The Bertz CT molecular complexity index is 778. The molecule has 144 valence electrons. The average Bonchev–Trinajstić information content (AvgIpc) is 2.65. The van der Waals surface area contributed by atoms with E-state index < -0.39 is 0 Å². The Balaban J connectivity index is 1.77. The third-order valence-corrected chi connectivity index (χ3v) is 4.54. The van der Waals surface area contributed by atoms with Gasteiger partial charge in [-0.3, -0.25) is 15.2 Å². The number of amides is 1. The highest BCUT2D eigenvalue weighted by molar-refractivity contribution is 7.80. The maximum Gasteiger partial charge on any atom is 0.276 e. The monoisotopic (exact) mass is 385 g/mol. The lowest BCUT2D eigenvalue weighted by Crippen LogP contribution is -2.49. The minimum absolute atomic E-state index is 0.0773. The van der Waals surface area contributed by atoms with E-state index in [0.29, 0.717) is 23.3 Å². The zero-order valence-electron chi connectivity index (χ0n) is 16.3. The topological polar surface area (TPSA) is 53.6 Å². The Morgan fingerprint density at radius 1 is 1.19 bits per heavy atom. The second-order valence-corrected chi connectivity index (χ2v) is 7.09. The molecule has 27 heavy (non-hydrogen) atoms. The van der Waals surface area contributed by atoms with Gasteiger partial charge in [0.1, 0.15) is 5.75 Å². The SMILES string of the molecule is Cc1cc(OCC(=O)NN(C)C(=S)NCc2ccccc2)ccc1C(C)C. The van der Waals surface area contributed by atoms with E-state index in [9.17, 15) is 4.79 Å². The van der Waals surface area contributed by atoms with Crippen molar-refractivity contribution >= 4 is 23.2 Å². The van der Waals surface area contributed by atoms with Crippen LogP contribution in [0.2, 0.25) is 0 Å². The number of nitrogens with zero attached hydrogens (tertiary/aromatic N) is 1. The van der Waals surface area contributed by atoms with Crippen molar-refractivity contribution in [2.75, 3.05) is 13.7 Å². The average molecular weight is 386 g/mol. The molecule has 1 amide bonds. The molecule has 0 saturated carbocycles. The molecule has 0 unspecified atom stereocenters. The summed E-state index contributed by atoms with van der Waals surface area (Å²) in [4.78, 5) is 12.1. The van der Waals surface area contributed by atoms with Crippen molar-refractivity contribution in [3.63, 3.8) is 0 Å². The van der Waals surface area contributed by atoms with Gasteiger partial charge in [0.25, 0.3) is 5.91 Å². The minimum Gasteiger partial charge on any atom is -0.484 e. The van der Waals surface area contributed by atoms with Crippen LogP contribution in [0, 0.1) is 6.92 Å². The first-order valence-corrected chi connectivity index (χ1v) is 9.36. The zero-order chi connectivity index (χ0) is 19.8. The molecule has 2 N–H and O–H groups in total. The molecule has 2 rings (SSSR count). The van der Waals surface area contributed by atoms with Crippen molar-refractivity contribution in [2.24, 2.45) is 0 Å². The number of thiocarbonyl (C=S) groups is 1. The molecular formula is C21H27N3O2S. The first kappa shape index (κ1) is 20.7. The van der Waals surface area contributed by atoms with Crippen LogP contribution in [0.4, 0.5) is 0 Å². The number of rotatable bonds is 6. The van der Waals surface area contributed by atoms with Gasteiger partial charge < -0.3 is 10.1 Å². The van der Waals surface area contributed by atoms with Crippen molar-refractivity contribution in [3.8, 4) is 5.75 Å². The highest BCUT2D eigenvalue weighted by Crippen LogP contribution is 2.23. The van der Waals surface area contributed by atoms with Crippen LogP contribution < -0.4 is 15.5 Å². The zero-order valence-corrected chi connectivity index (χ0v) is 17.1. The van der Waals surface area contributed by atoms with Crippen LogP contribution in [0.25, 0.3) is 0 Å². The molecule has 0 fully saturated rings. The summed E-state index contributed by atoms with van der Waals surface area (Å²) < 4.78 is 5.59. The molecule has 0 aliphatic heterocycles. The summed E-state index contributed by atoms with van der Waals surface area (Å²) in [7, 11) is 1.69. The number of hydrogen-bond acceptors (Lipinski definition) is 3. The third kappa shape index (κ3) is 6.57. The normalized spacial score (nSPS) is 10.4. The molecule has 0 bridgehead atoms. The van der Waals surface area contributed by atoms with Crippen LogP contribution >= 0.6 is 12.2 Å². The van der Waals surface area contributed by atoms with Gasteiger partial charge in [-0.2, -0.15) is 0 Å². The van der Waals surface area contributed by atoms with Gasteiger partial charge in [0, 0.05) is 13.6 Å². The van der Waals surface area contributed by atoms with Gasteiger partial charge in [0.15, 0.2) is 11.7 Å². The maximum atomic E-state index is 12.1. The molecule has 0 aromatic heterocycles. The van der Waals surface area contributed by atoms with E-state index in [-0.39, 0.29) is 12.5 Å². The Hall–Kier alpha value is -2.60. The highest BCUT2D eigenvalue weighted by Gasteiger charge is 2.10. The number of hydrogen-bond donors (Lipinski definition) is 2. The van der Waals surface area contributed by atoms with Crippen LogP contribution in [0.1, 0.15) is 36.5 Å². The summed E-state index contributed by atoms with van der Waals surface area (Å²) in [6.07, 6.45) is 0. The Labute approximate surface area is 166 Å². The van der Waals surface area contributed by atoms with Gasteiger partial charge in [-0.05, 0) is 53.9 Å². The second kappa shape index (κ2) is 9.92. The van der Waals surface area contributed by atoms with E-state index in [2.05, 4.69) is 24.6 Å². The predicted molar refractivity (Wildman–Crippen MR) is 113 cm³/mol. The number of hydrazine groups is 1. The van der Waals surface area contributed by atoms with Crippen LogP contribution in [0.5, 0.6) is 5.75 Å². The molecule has 2 aromatic carbocycles. The molecule has 0 atom stereocenters. The summed E-state index contributed by atoms with van der Waals surface area (Å²) in [5.41, 5.74) is 6.25. The lowest BCUT2D eigenvalue weighted by Gasteiger charge is -2.22. The third-order valence-electron chi connectivity index (χ3n) is 4.12. The van der Waals surface area contributed by atoms with Gasteiger partial charge in [-0.1, -0.05) is 50.2 Å². The van der Waals surface area contributed by atoms with Crippen molar-refractivity contribution in [1.29, 1.82) is 0 Å². The lowest BCUT2D eigenvalue weighted by atomic mass is 9.98. The van der Waals surface area contributed by atoms with Gasteiger partial charge in [0.2, 0.25) is 0 Å². The Kier molecular flexibility index (Phi) is 7.61. The van der Waals surface area contributed by atoms with E-state index in [1.54, 1.807) is 7.05 Å². The second-order valence-electron chi connectivity index (χ2n) is 6.70. The predicted octanol–water partition coefficient (Wildman–Crippen LogP) is 3.53. The molecular weight excluding hydrogens is 358 g/mol. The largest absolute Gasteiger partial charge is 0.484 e. The van der Waals surface area contributed by atoms with E-state index in [4.69, 9.17) is 17.0 Å². The van der Waals surface area contributed by atoms with Crippen molar-refractivity contribution in [3.05, 3.63) is 65.2 Å². The standard InChI is InChI=1S/C21H27N3O2S/c1-15(2)19-11-10-18(12-16(19)3)26-14-20(25)23-24(4)21(27)22-13-17-8-6-5-7-9-17/h5-12,15H,13-14H2,1-4H3,(H,22,27)(H,23,25). The van der Waals surface area contributed by atoms with Gasteiger partial charge in [-0.25, -0.2) is 0 Å². The number of carbonyl (C=O) groups excluding carboxylic acids is 1. The van der Waals surface area contributed by atoms with E-state index >= 15 is 0 Å². The summed E-state index contributed by atoms with van der Waals surface area (Å²) in [5.74, 6) is 0.867. The summed E-state index contributed by atoms with van der Waals surface area (Å²) in [6, 6.07) is 15.8. The van der Waals surface area contributed by atoms with E-state index in [0.717, 1.165) is 11.1 Å². The molecule has 0 saturated heterocycles. The fraction of sp³-hybridized carbons (Fsp3) is 0.333.